The maximum atomic E-state index is 13.3. The molecule has 18 heavy (non-hydrogen) atoms. The molecule has 2 aromatic rings. The van der Waals surface area contributed by atoms with Crippen molar-refractivity contribution in [3.8, 4) is 11.5 Å². The Hall–Kier alpha value is -2.50. The Morgan fingerprint density at radius 3 is 2.67 bits per heavy atom. The van der Waals surface area contributed by atoms with Gasteiger partial charge in [-0.25, -0.2) is 18.6 Å². The van der Waals surface area contributed by atoms with Crippen molar-refractivity contribution in [2.75, 3.05) is 0 Å². The third-order valence-electron chi connectivity index (χ3n) is 2.09. The minimum Gasteiger partial charge on any atom is -0.476 e. The molecule has 0 radical (unpaired) electrons. The van der Waals surface area contributed by atoms with E-state index in [4.69, 9.17) is 9.84 Å². The zero-order valence-electron chi connectivity index (χ0n) is 8.93. The van der Waals surface area contributed by atoms with Gasteiger partial charge in [-0.1, -0.05) is 0 Å². The highest BCUT2D eigenvalue weighted by Gasteiger charge is 2.14. The van der Waals surface area contributed by atoms with Crippen molar-refractivity contribution >= 4 is 5.97 Å². The second-order valence-corrected chi connectivity index (χ2v) is 3.33. The molecule has 0 aliphatic rings. The normalized spacial score (nSPS) is 10.1. The monoisotopic (exact) mass is 251 g/mol. The highest BCUT2D eigenvalue weighted by molar-refractivity contribution is 5.88. The number of rotatable bonds is 3. The minimum absolute atomic E-state index is 0.115. The summed E-state index contributed by atoms with van der Waals surface area (Å²) >= 11 is 0. The van der Waals surface area contributed by atoms with Gasteiger partial charge in [-0.15, -0.1) is 0 Å². The lowest BCUT2D eigenvalue weighted by molar-refractivity contribution is 0.0687. The summed E-state index contributed by atoms with van der Waals surface area (Å²) in [6.45, 7) is 0. The summed E-state index contributed by atoms with van der Waals surface area (Å²) < 4.78 is 31.1. The van der Waals surface area contributed by atoms with Crippen LogP contribution >= 0.6 is 0 Å². The Balaban J connectivity index is 2.37. The van der Waals surface area contributed by atoms with Crippen molar-refractivity contribution in [2.45, 2.75) is 0 Å². The lowest BCUT2D eigenvalue weighted by atomic mass is 10.3. The van der Waals surface area contributed by atoms with E-state index in [1.807, 2.05) is 0 Å². The number of halogens is 2. The van der Waals surface area contributed by atoms with E-state index in [1.54, 1.807) is 0 Å². The van der Waals surface area contributed by atoms with Crippen LogP contribution in [0.1, 0.15) is 10.5 Å². The Kier molecular flexibility index (Phi) is 3.18. The summed E-state index contributed by atoms with van der Waals surface area (Å²) in [5.41, 5.74) is -0.346. The Morgan fingerprint density at radius 1 is 1.22 bits per heavy atom. The van der Waals surface area contributed by atoms with E-state index in [1.165, 1.54) is 18.3 Å². The average Bonchev–Trinajstić information content (AvgIpc) is 2.33. The van der Waals surface area contributed by atoms with Crippen molar-refractivity contribution < 1.29 is 23.4 Å². The van der Waals surface area contributed by atoms with Crippen molar-refractivity contribution in [1.82, 2.24) is 4.98 Å². The van der Waals surface area contributed by atoms with E-state index < -0.39 is 17.6 Å². The van der Waals surface area contributed by atoms with E-state index >= 15 is 0 Å². The number of carbonyl (C=O) groups is 1. The van der Waals surface area contributed by atoms with Crippen LogP contribution in [0.2, 0.25) is 0 Å². The Bertz CT molecular complexity index is 602. The molecule has 0 aliphatic heterocycles. The number of hydrogen-bond acceptors (Lipinski definition) is 3. The van der Waals surface area contributed by atoms with Crippen LogP contribution in [0.4, 0.5) is 8.78 Å². The van der Waals surface area contributed by atoms with Crippen LogP contribution in [0.5, 0.6) is 11.5 Å². The van der Waals surface area contributed by atoms with Crippen LogP contribution in [0.25, 0.3) is 0 Å². The van der Waals surface area contributed by atoms with Crippen LogP contribution in [0.15, 0.2) is 36.5 Å². The summed E-state index contributed by atoms with van der Waals surface area (Å²) in [5.74, 6) is -3.35. The zero-order valence-corrected chi connectivity index (χ0v) is 8.93. The molecule has 1 aromatic heterocycles. The number of ether oxygens (including phenoxy) is 1. The number of carboxylic acids is 1. The fourth-order valence-corrected chi connectivity index (χ4v) is 1.31. The maximum absolute atomic E-state index is 13.3. The maximum Gasteiger partial charge on any atom is 0.358 e. The molecule has 1 aromatic carbocycles. The predicted octanol–water partition coefficient (Wildman–Crippen LogP) is 2.85. The first kappa shape index (κ1) is 12.0. The average molecular weight is 251 g/mol. The number of pyridine rings is 1. The summed E-state index contributed by atoms with van der Waals surface area (Å²) in [7, 11) is 0. The lowest BCUT2D eigenvalue weighted by Gasteiger charge is -2.08. The van der Waals surface area contributed by atoms with Gasteiger partial charge in [0, 0.05) is 12.3 Å². The molecule has 6 heteroatoms. The summed E-state index contributed by atoms with van der Waals surface area (Å²) in [4.78, 5) is 14.5. The molecule has 0 atom stereocenters. The van der Waals surface area contributed by atoms with Crippen LogP contribution < -0.4 is 4.74 Å². The first-order valence-corrected chi connectivity index (χ1v) is 4.89. The van der Waals surface area contributed by atoms with Gasteiger partial charge in [0.2, 0.25) is 0 Å². The first-order chi connectivity index (χ1) is 8.58. The largest absolute Gasteiger partial charge is 0.476 e. The van der Waals surface area contributed by atoms with E-state index in [2.05, 4.69) is 4.98 Å². The third kappa shape index (κ3) is 2.42. The number of carboxylic acid groups (broad SMARTS) is 1. The number of nitrogens with zero attached hydrogens (tertiary/aromatic N) is 1. The standard InChI is InChI=1S/C12H7F2NO3/c13-7-3-4-9(8(14)6-7)18-10-2-1-5-15-11(10)12(16)17/h1-6H,(H,16,17). The van der Waals surface area contributed by atoms with Gasteiger partial charge in [0.05, 0.1) is 0 Å². The van der Waals surface area contributed by atoms with E-state index in [0.29, 0.717) is 6.07 Å². The van der Waals surface area contributed by atoms with Gasteiger partial charge in [-0.2, -0.15) is 0 Å². The van der Waals surface area contributed by atoms with Crippen LogP contribution in [-0.2, 0) is 0 Å². The SMILES string of the molecule is O=C(O)c1ncccc1Oc1ccc(F)cc1F. The third-order valence-corrected chi connectivity index (χ3v) is 2.09. The highest BCUT2D eigenvalue weighted by Crippen LogP contribution is 2.26. The molecular weight excluding hydrogens is 244 g/mol. The quantitative estimate of drug-likeness (QED) is 0.911. The van der Waals surface area contributed by atoms with Crippen molar-refractivity contribution in [1.29, 1.82) is 0 Å². The second kappa shape index (κ2) is 4.79. The summed E-state index contributed by atoms with van der Waals surface area (Å²) in [5, 5.41) is 8.86. The molecule has 0 saturated heterocycles. The molecule has 0 spiro atoms. The summed E-state index contributed by atoms with van der Waals surface area (Å²) in [6.07, 6.45) is 1.28. The van der Waals surface area contributed by atoms with Gasteiger partial charge in [0.25, 0.3) is 0 Å². The van der Waals surface area contributed by atoms with Crippen molar-refractivity contribution in [2.24, 2.45) is 0 Å². The molecule has 1 N–H and O–H groups in total. The fraction of sp³-hybridized carbons (Fsp3) is 0. The Labute approximate surface area is 100 Å². The van der Waals surface area contributed by atoms with Gasteiger partial charge in [0.1, 0.15) is 5.82 Å². The molecule has 0 unspecified atom stereocenters. The molecule has 0 saturated carbocycles. The lowest BCUT2D eigenvalue weighted by Crippen LogP contribution is -2.03. The highest BCUT2D eigenvalue weighted by atomic mass is 19.1. The number of benzene rings is 1. The molecule has 92 valence electrons. The van der Waals surface area contributed by atoms with Gasteiger partial charge in [-0.3, -0.25) is 0 Å². The van der Waals surface area contributed by atoms with Gasteiger partial charge in [0.15, 0.2) is 23.0 Å². The molecule has 4 nitrogen and oxygen atoms in total. The topological polar surface area (TPSA) is 59.4 Å². The first-order valence-electron chi connectivity index (χ1n) is 4.89. The molecule has 0 amide bonds. The fourth-order valence-electron chi connectivity index (χ4n) is 1.31. The molecule has 0 bridgehead atoms. The molecule has 2 rings (SSSR count). The molecule has 0 fully saturated rings. The molecular formula is C12H7F2NO3. The minimum atomic E-state index is -1.30. The number of aromatic nitrogens is 1. The van der Waals surface area contributed by atoms with E-state index in [9.17, 15) is 13.6 Å². The van der Waals surface area contributed by atoms with E-state index in [-0.39, 0.29) is 17.2 Å². The smallest absolute Gasteiger partial charge is 0.358 e. The van der Waals surface area contributed by atoms with Crippen molar-refractivity contribution in [3.63, 3.8) is 0 Å². The van der Waals surface area contributed by atoms with Gasteiger partial charge in [-0.05, 0) is 24.3 Å². The second-order valence-electron chi connectivity index (χ2n) is 3.33. The molecule has 1 heterocycles. The summed E-state index contributed by atoms with van der Waals surface area (Å²) in [6, 6.07) is 5.51. The van der Waals surface area contributed by atoms with Gasteiger partial charge >= 0.3 is 5.97 Å². The predicted molar refractivity (Wildman–Crippen MR) is 57.6 cm³/mol. The van der Waals surface area contributed by atoms with Crippen LogP contribution in [0.3, 0.4) is 0 Å². The van der Waals surface area contributed by atoms with Crippen molar-refractivity contribution in [3.05, 3.63) is 53.9 Å². The molecule has 0 aliphatic carbocycles. The van der Waals surface area contributed by atoms with Gasteiger partial charge < -0.3 is 9.84 Å². The Morgan fingerprint density at radius 2 is 2.00 bits per heavy atom. The number of hydrogen-bond donors (Lipinski definition) is 1. The van der Waals surface area contributed by atoms with Crippen LogP contribution in [-0.4, -0.2) is 16.1 Å². The zero-order chi connectivity index (χ0) is 13.1. The van der Waals surface area contributed by atoms with E-state index in [0.717, 1.165) is 12.1 Å². The van der Waals surface area contributed by atoms with Crippen LogP contribution in [0, 0.1) is 11.6 Å². The number of aromatic carboxylic acids is 1.